The van der Waals surface area contributed by atoms with Crippen LogP contribution in [0.3, 0.4) is 0 Å². The molecule has 1 aromatic heterocycles. The lowest BCUT2D eigenvalue weighted by Gasteiger charge is -2.31. The summed E-state index contributed by atoms with van der Waals surface area (Å²) in [5.41, 5.74) is 3.94. The van der Waals surface area contributed by atoms with Crippen molar-refractivity contribution >= 4 is 27.5 Å². The topological polar surface area (TPSA) is 63.2 Å². The smallest absolute Gasteiger partial charge is 0.261 e. The maximum atomic E-state index is 13.6. The molecular formula is C25H19F2N3O2S2. The second kappa shape index (κ2) is 8.81. The zero-order chi connectivity index (χ0) is 23.9. The van der Waals surface area contributed by atoms with Gasteiger partial charge in [-0.3, -0.25) is 4.31 Å². The number of anilines is 1. The highest BCUT2D eigenvalue weighted by Gasteiger charge is 2.36. The Balaban J connectivity index is 1.50. The van der Waals surface area contributed by atoms with Crippen molar-refractivity contribution < 1.29 is 17.2 Å². The van der Waals surface area contributed by atoms with Gasteiger partial charge in [0, 0.05) is 17.4 Å². The standard InChI is InChI=1S/C25H19F2N3O2S2/c1-16-6-8-17(9-7-16)14-30-22-5-3-2-4-21(22)24-23(34(30,31)32)13-28-25(29-24)33-15-18-10-19(26)12-20(27)11-18/h2-13H,14-15H2,1H3. The Kier molecular flexibility index (Phi) is 5.83. The predicted molar refractivity (Wildman–Crippen MR) is 128 cm³/mol. The van der Waals surface area contributed by atoms with Gasteiger partial charge in [0.05, 0.1) is 24.1 Å². The van der Waals surface area contributed by atoms with Crippen molar-refractivity contribution in [2.45, 2.75) is 29.3 Å². The summed E-state index contributed by atoms with van der Waals surface area (Å²) < 4.78 is 55.5. The lowest BCUT2D eigenvalue weighted by Crippen LogP contribution is -2.34. The van der Waals surface area contributed by atoms with Crippen molar-refractivity contribution in [3.8, 4) is 11.3 Å². The summed E-state index contributed by atoms with van der Waals surface area (Å²) in [7, 11) is -3.90. The SMILES string of the molecule is Cc1ccc(CN2c3ccccc3-c3nc(SCc4cc(F)cc(F)c4)ncc3S2(=O)=O)cc1. The van der Waals surface area contributed by atoms with E-state index in [1.807, 2.05) is 43.3 Å². The third kappa shape index (κ3) is 4.28. The van der Waals surface area contributed by atoms with Gasteiger partial charge in [0.2, 0.25) is 0 Å². The van der Waals surface area contributed by atoms with Gasteiger partial charge in [-0.1, -0.05) is 59.8 Å². The molecule has 0 fully saturated rings. The number of benzene rings is 3. The van der Waals surface area contributed by atoms with Gasteiger partial charge in [-0.05, 0) is 36.2 Å². The molecule has 3 aromatic carbocycles. The number of rotatable bonds is 5. The van der Waals surface area contributed by atoms with E-state index in [0.29, 0.717) is 27.7 Å². The number of hydrogen-bond acceptors (Lipinski definition) is 5. The average Bonchev–Trinajstić information content (AvgIpc) is 2.81. The Hall–Kier alpha value is -3.30. The fourth-order valence-corrected chi connectivity index (χ4v) is 6.12. The van der Waals surface area contributed by atoms with Crippen molar-refractivity contribution in [1.82, 2.24) is 9.97 Å². The van der Waals surface area contributed by atoms with E-state index in [2.05, 4.69) is 9.97 Å². The molecule has 0 N–H and O–H groups in total. The van der Waals surface area contributed by atoms with E-state index in [-0.39, 0.29) is 17.2 Å². The Bertz CT molecular complexity index is 1470. The first-order valence-electron chi connectivity index (χ1n) is 10.4. The van der Waals surface area contributed by atoms with Crippen molar-refractivity contribution in [3.05, 3.63) is 101 Å². The zero-order valence-electron chi connectivity index (χ0n) is 18.1. The fourth-order valence-electron chi connectivity index (χ4n) is 3.82. The number of hydrogen-bond donors (Lipinski definition) is 0. The Morgan fingerprint density at radius 2 is 1.65 bits per heavy atom. The van der Waals surface area contributed by atoms with Crippen LogP contribution >= 0.6 is 11.8 Å². The minimum Gasteiger partial charge on any atom is -0.261 e. The average molecular weight is 496 g/mol. The molecule has 0 saturated heterocycles. The fraction of sp³-hybridized carbons (Fsp3) is 0.120. The lowest BCUT2D eigenvalue weighted by molar-refractivity contribution is 0.581. The van der Waals surface area contributed by atoms with Gasteiger partial charge in [-0.2, -0.15) is 0 Å². The van der Waals surface area contributed by atoms with Gasteiger partial charge in [-0.25, -0.2) is 27.2 Å². The van der Waals surface area contributed by atoms with E-state index in [1.165, 1.54) is 34.4 Å². The molecule has 0 aliphatic carbocycles. The number of para-hydroxylation sites is 1. The molecule has 1 aliphatic rings. The van der Waals surface area contributed by atoms with E-state index in [9.17, 15) is 17.2 Å². The zero-order valence-corrected chi connectivity index (χ0v) is 19.7. The first kappa shape index (κ1) is 22.5. The van der Waals surface area contributed by atoms with Gasteiger partial charge in [0.1, 0.15) is 16.5 Å². The largest absolute Gasteiger partial charge is 0.268 e. The number of aromatic nitrogens is 2. The van der Waals surface area contributed by atoms with E-state index < -0.39 is 21.7 Å². The quantitative estimate of drug-likeness (QED) is 0.261. The summed E-state index contributed by atoms with van der Waals surface area (Å²) in [4.78, 5) is 8.78. The van der Waals surface area contributed by atoms with E-state index in [4.69, 9.17) is 0 Å². The normalized spacial score (nSPS) is 13.9. The lowest BCUT2D eigenvalue weighted by atomic mass is 10.1. The predicted octanol–water partition coefficient (Wildman–Crippen LogP) is 5.73. The van der Waals surface area contributed by atoms with Crippen molar-refractivity contribution in [3.63, 3.8) is 0 Å². The molecule has 0 spiro atoms. The maximum Gasteiger partial charge on any atom is 0.268 e. The van der Waals surface area contributed by atoms with Crippen LogP contribution in [0.2, 0.25) is 0 Å². The van der Waals surface area contributed by atoms with Gasteiger partial charge < -0.3 is 0 Å². The molecular weight excluding hydrogens is 476 g/mol. The number of nitrogens with zero attached hydrogens (tertiary/aromatic N) is 3. The molecule has 34 heavy (non-hydrogen) atoms. The monoisotopic (exact) mass is 495 g/mol. The second-order valence-electron chi connectivity index (χ2n) is 7.95. The van der Waals surface area contributed by atoms with E-state index in [1.54, 1.807) is 12.1 Å². The van der Waals surface area contributed by atoms with Crippen LogP contribution in [-0.4, -0.2) is 18.4 Å². The van der Waals surface area contributed by atoms with Crippen LogP contribution < -0.4 is 4.31 Å². The van der Waals surface area contributed by atoms with E-state index >= 15 is 0 Å². The van der Waals surface area contributed by atoms with Gasteiger partial charge in [0.15, 0.2) is 5.16 Å². The van der Waals surface area contributed by atoms with Crippen LogP contribution in [0.4, 0.5) is 14.5 Å². The highest BCUT2D eigenvalue weighted by atomic mass is 32.2. The van der Waals surface area contributed by atoms with Gasteiger partial charge in [0.25, 0.3) is 10.0 Å². The molecule has 172 valence electrons. The molecule has 5 nitrogen and oxygen atoms in total. The number of halogens is 2. The minimum absolute atomic E-state index is 0.0273. The van der Waals surface area contributed by atoms with Gasteiger partial charge in [-0.15, -0.1) is 0 Å². The highest BCUT2D eigenvalue weighted by molar-refractivity contribution is 7.98. The number of sulfonamides is 1. The molecule has 9 heteroatoms. The van der Waals surface area contributed by atoms with Crippen molar-refractivity contribution in [1.29, 1.82) is 0 Å². The molecule has 0 bridgehead atoms. The molecule has 0 unspecified atom stereocenters. The van der Waals surface area contributed by atoms with Crippen LogP contribution in [0.5, 0.6) is 0 Å². The second-order valence-corrected chi connectivity index (χ2v) is 10.7. The molecule has 0 saturated carbocycles. The molecule has 5 rings (SSSR count). The third-order valence-corrected chi connectivity index (χ3v) is 8.16. The summed E-state index contributed by atoms with van der Waals surface area (Å²) in [5.74, 6) is -1.08. The first-order chi connectivity index (χ1) is 16.3. The molecule has 0 radical (unpaired) electrons. The molecule has 0 amide bonds. The molecule has 4 aromatic rings. The summed E-state index contributed by atoms with van der Waals surface area (Å²) in [6.45, 7) is 2.16. The third-order valence-electron chi connectivity index (χ3n) is 5.47. The van der Waals surface area contributed by atoms with Crippen LogP contribution in [0.25, 0.3) is 11.3 Å². The highest BCUT2D eigenvalue weighted by Crippen LogP contribution is 2.43. The molecule has 2 heterocycles. The molecule has 0 atom stereocenters. The Labute approximate surface area is 200 Å². The summed E-state index contributed by atoms with van der Waals surface area (Å²) in [6.07, 6.45) is 1.31. The van der Waals surface area contributed by atoms with Crippen molar-refractivity contribution in [2.75, 3.05) is 4.31 Å². The summed E-state index contributed by atoms with van der Waals surface area (Å²) in [5, 5.41) is 0.320. The summed E-state index contributed by atoms with van der Waals surface area (Å²) in [6, 6.07) is 18.2. The molecule has 1 aliphatic heterocycles. The Morgan fingerprint density at radius 3 is 2.38 bits per heavy atom. The number of thioether (sulfide) groups is 1. The maximum absolute atomic E-state index is 13.6. The van der Waals surface area contributed by atoms with Gasteiger partial charge >= 0.3 is 0 Å². The van der Waals surface area contributed by atoms with Crippen molar-refractivity contribution in [2.24, 2.45) is 0 Å². The minimum atomic E-state index is -3.90. The Morgan fingerprint density at radius 1 is 0.941 bits per heavy atom. The number of aryl methyl sites for hydroxylation is 1. The van der Waals surface area contributed by atoms with Crippen LogP contribution in [-0.2, 0) is 22.3 Å². The van der Waals surface area contributed by atoms with Crippen LogP contribution in [0, 0.1) is 18.6 Å². The number of fused-ring (bicyclic) bond motifs is 3. The van der Waals surface area contributed by atoms with Crippen LogP contribution in [0.15, 0.2) is 83.0 Å². The van der Waals surface area contributed by atoms with E-state index in [0.717, 1.165) is 17.2 Å². The first-order valence-corrected chi connectivity index (χ1v) is 12.9. The summed E-state index contributed by atoms with van der Waals surface area (Å²) >= 11 is 1.18. The van der Waals surface area contributed by atoms with Crippen LogP contribution in [0.1, 0.15) is 16.7 Å².